The Morgan fingerprint density at radius 3 is 1.78 bits per heavy atom. The standard InChI is InChI=1S/C15H28O3/c1-2-3-4-5-6-7-8-9-10-11-12-14(13-16)15(17)18/h13-14H,2-12H2,1H3,(H,17,18). The third kappa shape index (κ3) is 10.3. The van der Waals surface area contributed by atoms with E-state index in [4.69, 9.17) is 5.11 Å². The van der Waals surface area contributed by atoms with Gasteiger partial charge >= 0.3 is 5.97 Å². The van der Waals surface area contributed by atoms with E-state index in [1.807, 2.05) is 0 Å². The van der Waals surface area contributed by atoms with Gasteiger partial charge in [-0.25, -0.2) is 0 Å². The van der Waals surface area contributed by atoms with E-state index in [9.17, 15) is 9.59 Å². The molecular formula is C15H28O3. The van der Waals surface area contributed by atoms with Crippen molar-refractivity contribution in [1.29, 1.82) is 0 Å². The first-order chi connectivity index (χ1) is 8.72. The third-order valence-corrected chi connectivity index (χ3v) is 3.35. The number of unbranched alkanes of at least 4 members (excludes halogenated alkanes) is 9. The number of carboxylic acids is 1. The lowest BCUT2D eigenvalue weighted by molar-refractivity contribution is -0.143. The van der Waals surface area contributed by atoms with Crippen LogP contribution in [-0.2, 0) is 9.59 Å². The van der Waals surface area contributed by atoms with E-state index < -0.39 is 11.9 Å². The Kier molecular flexibility index (Phi) is 12.0. The van der Waals surface area contributed by atoms with Crippen LogP contribution in [0.1, 0.15) is 77.6 Å². The number of carbonyl (C=O) groups excluding carboxylic acids is 1. The summed E-state index contributed by atoms with van der Waals surface area (Å²) < 4.78 is 0. The van der Waals surface area contributed by atoms with Crippen molar-refractivity contribution in [3.8, 4) is 0 Å². The highest BCUT2D eigenvalue weighted by molar-refractivity contribution is 5.86. The second kappa shape index (κ2) is 12.6. The summed E-state index contributed by atoms with van der Waals surface area (Å²) in [5.74, 6) is -1.78. The maximum atomic E-state index is 10.6. The lowest BCUT2D eigenvalue weighted by Crippen LogP contribution is -2.14. The minimum absolute atomic E-state index is 0.495. The van der Waals surface area contributed by atoms with Crippen molar-refractivity contribution in [3.63, 3.8) is 0 Å². The lowest BCUT2D eigenvalue weighted by Gasteiger charge is -2.04. The summed E-state index contributed by atoms with van der Waals surface area (Å²) in [7, 11) is 0. The first-order valence-corrected chi connectivity index (χ1v) is 7.40. The summed E-state index contributed by atoms with van der Waals surface area (Å²) in [6.45, 7) is 2.23. The van der Waals surface area contributed by atoms with Gasteiger partial charge in [0.05, 0.1) is 0 Å². The summed E-state index contributed by atoms with van der Waals surface area (Å²) in [6, 6.07) is 0. The van der Waals surface area contributed by atoms with Crippen molar-refractivity contribution in [1.82, 2.24) is 0 Å². The van der Waals surface area contributed by atoms with Crippen LogP contribution in [0, 0.1) is 5.92 Å². The zero-order chi connectivity index (χ0) is 13.6. The molecule has 0 heterocycles. The molecule has 0 aliphatic heterocycles. The SMILES string of the molecule is CCCCCCCCCCCCC(C=O)C(=O)O. The summed E-state index contributed by atoms with van der Waals surface area (Å²) in [5.41, 5.74) is 0. The van der Waals surface area contributed by atoms with Crippen LogP contribution in [0.2, 0.25) is 0 Å². The maximum absolute atomic E-state index is 10.6. The van der Waals surface area contributed by atoms with Crippen LogP contribution in [-0.4, -0.2) is 17.4 Å². The number of carboxylic acid groups (broad SMARTS) is 1. The lowest BCUT2D eigenvalue weighted by atomic mass is 10.0. The predicted octanol–water partition coefficient (Wildman–Crippen LogP) is 4.20. The molecule has 3 nitrogen and oxygen atoms in total. The van der Waals surface area contributed by atoms with E-state index in [0.29, 0.717) is 12.7 Å². The van der Waals surface area contributed by atoms with Gasteiger partial charge in [0.1, 0.15) is 12.2 Å². The zero-order valence-electron chi connectivity index (χ0n) is 11.7. The number of carbonyl (C=O) groups is 2. The molecule has 0 radical (unpaired) electrons. The molecule has 0 aromatic rings. The van der Waals surface area contributed by atoms with Crippen LogP contribution >= 0.6 is 0 Å². The molecule has 0 spiro atoms. The van der Waals surface area contributed by atoms with Gasteiger partial charge in [0.15, 0.2) is 0 Å². The smallest absolute Gasteiger partial charge is 0.313 e. The maximum Gasteiger partial charge on any atom is 0.313 e. The number of rotatable bonds is 13. The molecule has 1 unspecified atom stereocenters. The van der Waals surface area contributed by atoms with Crippen molar-refractivity contribution >= 4 is 12.3 Å². The number of aliphatic carboxylic acids is 1. The molecule has 1 N–H and O–H groups in total. The van der Waals surface area contributed by atoms with Crippen LogP contribution in [0.5, 0.6) is 0 Å². The molecule has 0 saturated carbocycles. The van der Waals surface area contributed by atoms with Crippen LogP contribution in [0.3, 0.4) is 0 Å². The van der Waals surface area contributed by atoms with Crippen LogP contribution in [0.25, 0.3) is 0 Å². The Morgan fingerprint density at radius 1 is 0.944 bits per heavy atom. The minimum Gasteiger partial charge on any atom is -0.481 e. The average Bonchev–Trinajstić information content (AvgIpc) is 2.35. The van der Waals surface area contributed by atoms with Crippen molar-refractivity contribution in [2.75, 3.05) is 0 Å². The molecule has 0 aliphatic rings. The minimum atomic E-state index is -0.985. The van der Waals surface area contributed by atoms with Crippen LogP contribution in [0.4, 0.5) is 0 Å². The Bertz CT molecular complexity index is 214. The Hall–Kier alpha value is -0.860. The molecule has 1 atom stereocenters. The molecule has 0 rings (SSSR count). The van der Waals surface area contributed by atoms with Crippen LogP contribution in [0.15, 0.2) is 0 Å². The van der Waals surface area contributed by atoms with Gasteiger partial charge < -0.3 is 9.90 Å². The molecule has 0 saturated heterocycles. The van der Waals surface area contributed by atoms with Crippen LogP contribution < -0.4 is 0 Å². The summed E-state index contributed by atoms with van der Waals surface area (Å²) in [6.07, 6.45) is 13.3. The van der Waals surface area contributed by atoms with Crippen molar-refractivity contribution in [2.24, 2.45) is 5.92 Å². The second-order valence-electron chi connectivity index (χ2n) is 5.05. The molecular weight excluding hydrogens is 228 g/mol. The van der Waals surface area contributed by atoms with Crippen molar-refractivity contribution < 1.29 is 14.7 Å². The first kappa shape index (κ1) is 17.1. The number of aldehydes is 1. The van der Waals surface area contributed by atoms with E-state index in [2.05, 4.69) is 6.92 Å². The summed E-state index contributed by atoms with van der Waals surface area (Å²) in [5, 5.41) is 8.69. The predicted molar refractivity (Wildman–Crippen MR) is 73.7 cm³/mol. The highest BCUT2D eigenvalue weighted by atomic mass is 16.4. The molecule has 0 amide bonds. The Labute approximate surface area is 111 Å². The number of hydrogen-bond acceptors (Lipinski definition) is 2. The monoisotopic (exact) mass is 256 g/mol. The second-order valence-corrected chi connectivity index (χ2v) is 5.05. The molecule has 0 aromatic carbocycles. The Morgan fingerprint density at radius 2 is 1.39 bits per heavy atom. The molecule has 0 bridgehead atoms. The summed E-state index contributed by atoms with van der Waals surface area (Å²) in [4.78, 5) is 21.0. The van der Waals surface area contributed by atoms with E-state index in [1.54, 1.807) is 0 Å². The van der Waals surface area contributed by atoms with Crippen molar-refractivity contribution in [2.45, 2.75) is 77.6 Å². The average molecular weight is 256 g/mol. The van der Waals surface area contributed by atoms with Gasteiger partial charge in [0, 0.05) is 0 Å². The van der Waals surface area contributed by atoms with E-state index in [-0.39, 0.29) is 0 Å². The molecule has 106 valence electrons. The van der Waals surface area contributed by atoms with Gasteiger partial charge in [-0.3, -0.25) is 4.79 Å². The topological polar surface area (TPSA) is 54.4 Å². The Balaban J connectivity index is 3.20. The highest BCUT2D eigenvalue weighted by Gasteiger charge is 2.14. The van der Waals surface area contributed by atoms with Crippen molar-refractivity contribution in [3.05, 3.63) is 0 Å². The zero-order valence-corrected chi connectivity index (χ0v) is 11.7. The summed E-state index contributed by atoms with van der Waals surface area (Å²) >= 11 is 0. The molecule has 18 heavy (non-hydrogen) atoms. The van der Waals surface area contributed by atoms with Gasteiger partial charge in [0.2, 0.25) is 0 Å². The van der Waals surface area contributed by atoms with E-state index in [1.165, 1.54) is 51.4 Å². The van der Waals surface area contributed by atoms with Gasteiger partial charge in [-0.05, 0) is 6.42 Å². The van der Waals surface area contributed by atoms with Gasteiger partial charge in [-0.15, -0.1) is 0 Å². The number of hydrogen-bond donors (Lipinski definition) is 1. The van der Waals surface area contributed by atoms with E-state index >= 15 is 0 Å². The van der Waals surface area contributed by atoms with E-state index in [0.717, 1.165) is 12.8 Å². The molecule has 3 heteroatoms. The highest BCUT2D eigenvalue weighted by Crippen LogP contribution is 2.13. The molecule has 0 aliphatic carbocycles. The first-order valence-electron chi connectivity index (χ1n) is 7.40. The fraction of sp³-hybridized carbons (Fsp3) is 0.867. The van der Waals surface area contributed by atoms with Gasteiger partial charge in [0.25, 0.3) is 0 Å². The largest absolute Gasteiger partial charge is 0.481 e. The molecule has 0 aromatic heterocycles. The normalized spacial score (nSPS) is 12.3. The fourth-order valence-corrected chi connectivity index (χ4v) is 2.10. The molecule has 0 fully saturated rings. The quantitative estimate of drug-likeness (QED) is 0.305. The fourth-order valence-electron chi connectivity index (χ4n) is 2.10. The van der Waals surface area contributed by atoms with Gasteiger partial charge in [-0.2, -0.15) is 0 Å². The third-order valence-electron chi connectivity index (χ3n) is 3.35. The van der Waals surface area contributed by atoms with Gasteiger partial charge in [-0.1, -0.05) is 71.1 Å².